The summed E-state index contributed by atoms with van der Waals surface area (Å²) in [7, 11) is 0. The number of hydrogen-bond acceptors (Lipinski definition) is 4. The molecule has 1 aliphatic rings. The normalized spacial score (nSPS) is 21.6. The average Bonchev–Trinajstić information content (AvgIpc) is 2.08. The Balaban J connectivity index is 0.00000169. The molecule has 0 bridgehead atoms. The Kier molecular flexibility index (Phi) is 7.09. The molecule has 0 saturated carbocycles. The SMILES string of the molecule is C.CC(O)CN1CCN(CCN)CC1. The molecule has 1 fully saturated rings. The summed E-state index contributed by atoms with van der Waals surface area (Å²) >= 11 is 0. The summed E-state index contributed by atoms with van der Waals surface area (Å²) in [6.45, 7) is 8.69. The molecule has 1 heterocycles. The van der Waals surface area contributed by atoms with Gasteiger partial charge in [-0.3, -0.25) is 9.80 Å². The fourth-order valence-corrected chi connectivity index (χ4v) is 1.75. The quantitative estimate of drug-likeness (QED) is 0.651. The van der Waals surface area contributed by atoms with E-state index in [2.05, 4.69) is 9.80 Å². The van der Waals surface area contributed by atoms with Crippen LogP contribution in [0.1, 0.15) is 14.4 Å². The first-order chi connectivity index (χ1) is 6.22. The van der Waals surface area contributed by atoms with Crippen molar-refractivity contribution < 1.29 is 5.11 Å². The average molecular weight is 203 g/mol. The van der Waals surface area contributed by atoms with E-state index in [0.29, 0.717) is 0 Å². The second-order valence-corrected chi connectivity index (χ2v) is 3.78. The molecule has 0 radical (unpaired) electrons. The van der Waals surface area contributed by atoms with Gasteiger partial charge in [0.1, 0.15) is 0 Å². The number of aliphatic hydroxyl groups is 1. The molecule has 1 rings (SSSR count). The molecule has 0 amide bonds. The van der Waals surface area contributed by atoms with Crippen LogP contribution in [0.25, 0.3) is 0 Å². The Hall–Kier alpha value is -0.160. The summed E-state index contributed by atoms with van der Waals surface area (Å²) in [6, 6.07) is 0. The van der Waals surface area contributed by atoms with Crippen molar-refractivity contribution >= 4 is 0 Å². The van der Waals surface area contributed by atoms with Gasteiger partial charge in [0.15, 0.2) is 0 Å². The van der Waals surface area contributed by atoms with E-state index in [0.717, 1.165) is 45.8 Å². The topological polar surface area (TPSA) is 52.7 Å². The molecule has 1 unspecified atom stereocenters. The summed E-state index contributed by atoms with van der Waals surface area (Å²) in [6.07, 6.45) is -0.207. The van der Waals surface area contributed by atoms with E-state index in [9.17, 15) is 5.11 Å². The molecular weight excluding hydrogens is 178 g/mol. The van der Waals surface area contributed by atoms with E-state index in [1.165, 1.54) is 0 Å². The zero-order valence-corrected chi connectivity index (χ0v) is 8.45. The van der Waals surface area contributed by atoms with E-state index in [1.807, 2.05) is 6.92 Å². The Morgan fingerprint density at radius 2 is 1.71 bits per heavy atom. The highest BCUT2D eigenvalue weighted by molar-refractivity contribution is 4.72. The number of β-amino-alcohol motifs (C(OH)–C–C–N with tert-alkyl or cyclic N) is 1. The van der Waals surface area contributed by atoms with Crippen molar-refractivity contribution in [1.29, 1.82) is 0 Å². The van der Waals surface area contributed by atoms with Crippen molar-refractivity contribution in [3.8, 4) is 0 Å². The standard InChI is InChI=1S/C9H21N3O.CH4/c1-9(13)8-12-6-4-11(3-2-10)5-7-12;/h9,13H,2-8,10H2,1H3;1H4. The lowest BCUT2D eigenvalue weighted by Gasteiger charge is -2.34. The molecule has 86 valence electrons. The fraction of sp³-hybridized carbons (Fsp3) is 1.00. The van der Waals surface area contributed by atoms with Gasteiger partial charge in [0.25, 0.3) is 0 Å². The van der Waals surface area contributed by atoms with Crippen LogP contribution in [0, 0.1) is 0 Å². The van der Waals surface area contributed by atoms with Crippen molar-refractivity contribution in [3.05, 3.63) is 0 Å². The highest BCUT2D eigenvalue weighted by atomic mass is 16.3. The van der Waals surface area contributed by atoms with Crippen LogP contribution in [-0.2, 0) is 0 Å². The first kappa shape index (κ1) is 13.8. The van der Waals surface area contributed by atoms with Crippen LogP contribution in [0.5, 0.6) is 0 Å². The first-order valence-corrected chi connectivity index (χ1v) is 5.05. The Labute approximate surface area is 87.7 Å². The zero-order chi connectivity index (χ0) is 9.68. The van der Waals surface area contributed by atoms with Crippen LogP contribution in [0.4, 0.5) is 0 Å². The molecule has 3 N–H and O–H groups in total. The van der Waals surface area contributed by atoms with Crippen LogP contribution in [0.3, 0.4) is 0 Å². The number of hydrogen-bond donors (Lipinski definition) is 2. The highest BCUT2D eigenvalue weighted by Crippen LogP contribution is 2.01. The molecule has 1 aliphatic heterocycles. The summed E-state index contributed by atoms with van der Waals surface area (Å²) in [5.41, 5.74) is 5.48. The summed E-state index contributed by atoms with van der Waals surface area (Å²) in [4.78, 5) is 4.68. The minimum atomic E-state index is -0.207. The number of nitrogens with zero attached hydrogens (tertiary/aromatic N) is 2. The van der Waals surface area contributed by atoms with E-state index in [1.54, 1.807) is 0 Å². The molecule has 1 saturated heterocycles. The Morgan fingerprint density at radius 1 is 1.21 bits per heavy atom. The maximum absolute atomic E-state index is 9.20. The molecule has 14 heavy (non-hydrogen) atoms. The lowest BCUT2D eigenvalue weighted by molar-refractivity contribution is 0.0820. The smallest absolute Gasteiger partial charge is 0.0639 e. The third-order valence-corrected chi connectivity index (χ3v) is 2.43. The summed E-state index contributed by atoms with van der Waals surface area (Å²) in [5.74, 6) is 0. The van der Waals surface area contributed by atoms with E-state index in [4.69, 9.17) is 5.73 Å². The van der Waals surface area contributed by atoms with Gasteiger partial charge < -0.3 is 10.8 Å². The molecule has 1 atom stereocenters. The van der Waals surface area contributed by atoms with Gasteiger partial charge in [-0.2, -0.15) is 0 Å². The molecule has 4 heteroatoms. The van der Waals surface area contributed by atoms with Crippen LogP contribution in [0.2, 0.25) is 0 Å². The predicted molar refractivity (Wildman–Crippen MR) is 60.3 cm³/mol. The van der Waals surface area contributed by atoms with E-state index < -0.39 is 0 Å². The van der Waals surface area contributed by atoms with Crippen LogP contribution in [0.15, 0.2) is 0 Å². The third-order valence-electron chi connectivity index (χ3n) is 2.43. The van der Waals surface area contributed by atoms with E-state index in [-0.39, 0.29) is 13.5 Å². The summed E-state index contributed by atoms with van der Waals surface area (Å²) in [5, 5.41) is 9.20. The highest BCUT2D eigenvalue weighted by Gasteiger charge is 2.16. The summed E-state index contributed by atoms with van der Waals surface area (Å²) < 4.78 is 0. The molecule has 0 aromatic rings. The van der Waals surface area contributed by atoms with Gasteiger partial charge in [-0.1, -0.05) is 7.43 Å². The van der Waals surface area contributed by atoms with Crippen molar-refractivity contribution in [1.82, 2.24) is 9.80 Å². The monoisotopic (exact) mass is 203 g/mol. The Morgan fingerprint density at radius 3 is 2.14 bits per heavy atom. The lowest BCUT2D eigenvalue weighted by Crippen LogP contribution is -2.49. The minimum absolute atomic E-state index is 0. The van der Waals surface area contributed by atoms with Crippen LogP contribution >= 0.6 is 0 Å². The maximum Gasteiger partial charge on any atom is 0.0639 e. The minimum Gasteiger partial charge on any atom is -0.392 e. The van der Waals surface area contributed by atoms with Gasteiger partial charge in [-0.25, -0.2) is 0 Å². The zero-order valence-electron chi connectivity index (χ0n) is 8.45. The number of aliphatic hydroxyl groups excluding tert-OH is 1. The van der Waals surface area contributed by atoms with Gasteiger partial charge >= 0.3 is 0 Å². The molecule has 4 nitrogen and oxygen atoms in total. The molecule has 0 aliphatic carbocycles. The maximum atomic E-state index is 9.20. The van der Waals surface area contributed by atoms with Crippen LogP contribution in [-0.4, -0.2) is 66.8 Å². The first-order valence-electron chi connectivity index (χ1n) is 5.05. The van der Waals surface area contributed by atoms with Gasteiger partial charge in [-0.05, 0) is 6.92 Å². The predicted octanol–water partition coefficient (Wildman–Crippen LogP) is -0.420. The van der Waals surface area contributed by atoms with Crippen molar-refractivity contribution in [2.45, 2.75) is 20.5 Å². The lowest BCUT2D eigenvalue weighted by atomic mass is 10.3. The second kappa shape index (κ2) is 7.17. The number of rotatable bonds is 4. The molecule has 0 spiro atoms. The second-order valence-electron chi connectivity index (χ2n) is 3.78. The van der Waals surface area contributed by atoms with Gasteiger partial charge in [0.2, 0.25) is 0 Å². The number of piperazine rings is 1. The largest absolute Gasteiger partial charge is 0.392 e. The van der Waals surface area contributed by atoms with Gasteiger partial charge in [0, 0.05) is 45.8 Å². The number of nitrogens with two attached hydrogens (primary N) is 1. The van der Waals surface area contributed by atoms with Crippen LogP contribution < -0.4 is 5.73 Å². The van der Waals surface area contributed by atoms with Crippen molar-refractivity contribution in [3.63, 3.8) is 0 Å². The van der Waals surface area contributed by atoms with Crippen molar-refractivity contribution in [2.24, 2.45) is 5.73 Å². The molecular formula is C10H25N3O. The van der Waals surface area contributed by atoms with Gasteiger partial charge in [-0.15, -0.1) is 0 Å². The third kappa shape index (κ3) is 4.91. The fourth-order valence-electron chi connectivity index (χ4n) is 1.75. The Bertz CT molecular complexity index is 133. The molecule has 0 aromatic heterocycles. The molecule has 0 aromatic carbocycles. The van der Waals surface area contributed by atoms with Gasteiger partial charge in [0.05, 0.1) is 6.10 Å². The van der Waals surface area contributed by atoms with E-state index >= 15 is 0 Å². The van der Waals surface area contributed by atoms with Crippen molar-refractivity contribution in [2.75, 3.05) is 45.8 Å².